The summed E-state index contributed by atoms with van der Waals surface area (Å²) in [6.45, 7) is 0.329. The zero-order valence-corrected chi connectivity index (χ0v) is 10.2. The van der Waals surface area contributed by atoms with E-state index in [-0.39, 0.29) is 5.91 Å². The van der Waals surface area contributed by atoms with Crippen LogP contribution < -0.4 is 15.8 Å². The molecule has 0 aromatic heterocycles. The lowest BCUT2D eigenvalue weighted by Crippen LogP contribution is -2.31. The highest BCUT2D eigenvalue weighted by atomic mass is 16.5. The molecule has 2 rings (SSSR count). The molecule has 0 spiro atoms. The fraction of sp³-hybridized carbons (Fsp3) is 0.385. The van der Waals surface area contributed by atoms with Gasteiger partial charge in [0.05, 0.1) is 18.1 Å². The van der Waals surface area contributed by atoms with E-state index in [1.54, 1.807) is 18.2 Å². The second-order valence-corrected chi connectivity index (χ2v) is 4.43. The number of carbonyl (C=O) groups is 1. The van der Waals surface area contributed by atoms with Gasteiger partial charge in [-0.1, -0.05) is 6.07 Å². The van der Waals surface area contributed by atoms with Crippen molar-refractivity contribution >= 4 is 11.6 Å². The standard InChI is InChI=1S/C13H15N3O2/c1-18-10-4-2-3-9(7-14)11(10)16-12(17)13(8-15)5-6-13/h2-4H,5-6,8,15H2,1H3,(H,16,17). The van der Waals surface area contributed by atoms with E-state index in [0.29, 0.717) is 23.5 Å². The summed E-state index contributed by atoms with van der Waals surface area (Å²) in [7, 11) is 1.50. The Morgan fingerprint density at radius 3 is 2.83 bits per heavy atom. The Balaban J connectivity index is 2.29. The van der Waals surface area contributed by atoms with Crippen LogP contribution in [0.25, 0.3) is 0 Å². The van der Waals surface area contributed by atoms with Crippen molar-refractivity contribution in [1.82, 2.24) is 0 Å². The van der Waals surface area contributed by atoms with Gasteiger partial charge in [0, 0.05) is 6.54 Å². The third kappa shape index (κ3) is 2.03. The van der Waals surface area contributed by atoms with Gasteiger partial charge in [-0.3, -0.25) is 4.79 Å². The SMILES string of the molecule is COc1cccc(C#N)c1NC(=O)C1(CN)CC1. The lowest BCUT2D eigenvalue weighted by Gasteiger charge is -2.15. The molecule has 0 saturated heterocycles. The van der Waals surface area contributed by atoms with Crippen molar-refractivity contribution in [3.63, 3.8) is 0 Å². The molecular formula is C13H15N3O2. The molecule has 1 saturated carbocycles. The number of benzene rings is 1. The predicted octanol–water partition coefficient (Wildman–Crippen LogP) is 1.24. The summed E-state index contributed by atoms with van der Waals surface area (Å²) in [4.78, 5) is 12.1. The molecule has 5 heteroatoms. The number of para-hydroxylation sites is 1. The molecule has 1 amide bonds. The smallest absolute Gasteiger partial charge is 0.232 e. The van der Waals surface area contributed by atoms with Gasteiger partial charge in [0.1, 0.15) is 17.5 Å². The first-order valence-electron chi connectivity index (χ1n) is 5.75. The Morgan fingerprint density at radius 2 is 2.33 bits per heavy atom. The van der Waals surface area contributed by atoms with Crippen LogP contribution in [-0.2, 0) is 4.79 Å². The summed E-state index contributed by atoms with van der Waals surface area (Å²) < 4.78 is 5.16. The number of hydrogen-bond donors (Lipinski definition) is 2. The summed E-state index contributed by atoms with van der Waals surface area (Å²) >= 11 is 0. The zero-order valence-electron chi connectivity index (χ0n) is 10.2. The van der Waals surface area contributed by atoms with Crippen LogP contribution in [0, 0.1) is 16.7 Å². The van der Waals surface area contributed by atoms with Gasteiger partial charge in [0.2, 0.25) is 5.91 Å². The topological polar surface area (TPSA) is 88.1 Å². The molecule has 0 heterocycles. The quantitative estimate of drug-likeness (QED) is 0.835. The van der Waals surface area contributed by atoms with E-state index in [4.69, 9.17) is 15.7 Å². The molecule has 0 bridgehead atoms. The molecule has 1 aromatic rings. The van der Waals surface area contributed by atoms with Gasteiger partial charge in [0.25, 0.3) is 0 Å². The number of nitrogens with one attached hydrogen (secondary N) is 1. The number of anilines is 1. The number of amides is 1. The van der Waals surface area contributed by atoms with E-state index in [9.17, 15) is 4.79 Å². The summed E-state index contributed by atoms with van der Waals surface area (Å²) in [6, 6.07) is 7.10. The van der Waals surface area contributed by atoms with Crippen molar-refractivity contribution in [2.75, 3.05) is 19.0 Å². The first-order chi connectivity index (χ1) is 8.66. The van der Waals surface area contributed by atoms with Crippen molar-refractivity contribution in [2.45, 2.75) is 12.8 Å². The number of nitrogens with two attached hydrogens (primary N) is 1. The molecule has 18 heavy (non-hydrogen) atoms. The van der Waals surface area contributed by atoms with Crippen molar-refractivity contribution < 1.29 is 9.53 Å². The van der Waals surface area contributed by atoms with Crippen LogP contribution in [0.4, 0.5) is 5.69 Å². The summed E-state index contributed by atoms with van der Waals surface area (Å²) in [5.41, 5.74) is 5.96. The molecule has 1 aromatic carbocycles. The molecule has 3 N–H and O–H groups in total. The van der Waals surface area contributed by atoms with Crippen LogP contribution in [-0.4, -0.2) is 19.6 Å². The van der Waals surface area contributed by atoms with Gasteiger partial charge in [0.15, 0.2) is 0 Å². The first-order valence-corrected chi connectivity index (χ1v) is 5.75. The number of ether oxygens (including phenoxy) is 1. The fourth-order valence-electron chi connectivity index (χ4n) is 1.84. The molecular weight excluding hydrogens is 230 g/mol. The number of methoxy groups -OCH3 is 1. The average Bonchev–Trinajstić information content (AvgIpc) is 3.20. The fourth-order valence-corrected chi connectivity index (χ4v) is 1.84. The summed E-state index contributed by atoms with van der Waals surface area (Å²) in [5.74, 6) is 0.348. The van der Waals surface area contributed by atoms with Gasteiger partial charge in [-0.05, 0) is 25.0 Å². The molecule has 94 valence electrons. The predicted molar refractivity (Wildman–Crippen MR) is 67.1 cm³/mol. The number of rotatable bonds is 4. The molecule has 5 nitrogen and oxygen atoms in total. The van der Waals surface area contributed by atoms with Crippen LogP contribution >= 0.6 is 0 Å². The van der Waals surface area contributed by atoms with E-state index in [1.165, 1.54) is 7.11 Å². The highest BCUT2D eigenvalue weighted by Crippen LogP contribution is 2.46. The van der Waals surface area contributed by atoms with Gasteiger partial charge >= 0.3 is 0 Å². The van der Waals surface area contributed by atoms with Gasteiger partial charge in [-0.15, -0.1) is 0 Å². The lowest BCUT2D eigenvalue weighted by molar-refractivity contribution is -0.120. The number of nitrogens with zero attached hydrogens (tertiary/aromatic N) is 1. The second kappa shape index (κ2) is 4.67. The van der Waals surface area contributed by atoms with Gasteiger partial charge < -0.3 is 15.8 Å². The Bertz CT molecular complexity index is 515. The molecule has 0 aliphatic heterocycles. The molecule has 1 fully saturated rings. The molecule has 0 radical (unpaired) electrons. The normalized spacial score (nSPS) is 15.6. The number of carbonyl (C=O) groups excluding carboxylic acids is 1. The van der Waals surface area contributed by atoms with Gasteiger partial charge in [-0.2, -0.15) is 5.26 Å². The van der Waals surface area contributed by atoms with E-state index in [0.717, 1.165) is 12.8 Å². The minimum atomic E-state index is -0.451. The van der Waals surface area contributed by atoms with Crippen molar-refractivity contribution in [3.8, 4) is 11.8 Å². The molecule has 1 aliphatic carbocycles. The maximum absolute atomic E-state index is 12.1. The van der Waals surface area contributed by atoms with Gasteiger partial charge in [-0.25, -0.2) is 0 Å². The second-order valence-electron chi connectivity index (χ2n) is 4.43. The van der Waals surface area contributed by atoms with Crippen LogP contribution in [0.1, 0.15) is 18.4 Å². The Labute approximate surface area is 106 Å². The van der Waals surface area contributed by atoms with Crippen LogP contribution in [0.3, 0.4) is 0 Å². The van der Waals surface area contributed by atoms with E-state index in [1.807, 2.05) is 6.07 Å². The maximum atomic E-state index is 12.1. The molecule has 0 atom stereocenters. The minimum Gasteiger partial charge on any atom is -0.495 e. The molecule has 0 unspecified atom stereocenters. The molecule has 1 aliphatic rings. The number of nitriles is 1. The third-order valence-corrected chi connectivity index (χ3v) is 3.33. The lowest BCUT2D eigenvalue weighted by atomic mass is 10.1. The number of hydrogen-bond acceptors (Lipinski definition) is 4. The summed E-state index contributed by atoms with van der Waals surface area (Å²) in [5, 5.41) is 11.8. The summed E-state index contributed by atoms with van der Waals surface area (Å²) in [6.07, 6.45) is 1.60. The zero-order chi connectivity index (χ0) is 13.2. The van der Waals surface area contributed by atoms with Crippen molar-refractivity contribution in [3.05, 3.63) is 23.8 Å². The van der Waals surface area contributed by atoms with E-state index in [2.05, 4.69) is 5.32 Å². The third-order valence-electron chi connectivity index (χ3n) is 3.33. The van der Waals surface area contributed by atoms with E-state index < -0.39 is 5.41 Å². The van der Waals surface area contributed by atoms with Crippen LogP contribution in [0.5, 0.6) is 5.75 Å². The minimum absolute atomic E-state index is 0.133. The van der Waals surface area contributed by atoms with Crippen molar-refractivity contribution in [2.24, 2.45) is 11.1 Å². The highest BCUT2D eigenvalue weighted by Gasteiger charge is 2.48. The maximum Gasteiger partial charge on any atom is 0.232 e. The van der Waals surface area contributed by atoms with Crippen molar-refractivity contribution in [1.29, 1.82) is 5.26 Å². The Hall–Kier alpha value is -2.06. The largest absolute Gasteiger partial charge is 0.495 e. The van der Waals surface area contributed by atoms with Crippen LogP contribution in [0.15, 0.2) is 18.2 Å². The van der Waals surface area contributed by atoms with E-state index >= 15 is 0 Å². The van der Waals surface area contributed by atoms with Crippen LogP contribution in [0.2, 0.25) is 0 Å². The Morgan fingerprint density at radius 1 is 1.61 bits per heavy atom. The monoisotopic (exact) mass is 245 g/mol. The average molecular weight is 245 g/mol. The Kier molecular flexibility index (Phi) is 3.21. The first kappa shape index (κ1) is 12.4. The highest BCUT2D eigenvalue weighted by molar-refractivity contribution is 5.99.